The van der Waals surface area contributed by atoms with Crippen molar-refractivity contribution in [2.75, 3.05) is 69.3 Å². The number of nitrogens with zero attached hydrogens (tertiary/aromatic N) is 4. The first-order chi connectivity index (χ1) is 14.5. The Bertz CT molecular complexity index is 1110. The molecule has 0 aliphatic carbocycles. The molecule has 0 spiro atoms. The first-order valence-electron chi connectivity index (χ1n) is 10.7. The van der Waals surface area contributed by atoms with Crippen molar-refractivity contribution in [2.24, 2.45) is 4.99 Å². The van der Waals surface area contributed by atoms with E-state index < -0.39 is 0 Å². The van der Waals surface area contributed by atoms with Gasteiger partial charge in [0.2, 0.25) is 0 Å². The SMILES string of the molecule is Cc1cc(N2CCN(C)CC2)cc2c1N=c1c(C)cc(N3CCOCC3)cc1=S2I. The van der Waals surface area contributed by atoms with Gasteiger partial charge in [-0.15, -0.1) is 0 Å². The van der Waals surface area contributed by atoms with E-state index >= 15 is 0 Å². The van der Waals surface area contributed by atoms with Crippen molar-refractivity contribution in [3.8, 4) is 0 Å². The lowest BCUT2D eigenvalue weighted by Crippen LogP contribution is -2.44. The standard InChI is InChI=1S/C23H29IN4OS/c1-16-12-18(27-6-4-26(3)5-7-27)14-20-22(16)25-23-17(2)13-19(15-21(23)30(20)24)28-8-10-29-11-9-28/h12-15H,4-11H2,1-3H3. The van der Waals surface area contributed by atoms with E-state index in [4.69, 9.17) is 9.73 Å². The summed E-state index contributed by atoms with van der Waals surface area (Å²) >= 11 is 2.65. The van der Waals surface area contributed by atoms with Crippen molar-refractivity contribution in [1.29, 1.82) is 0 Å². The summed E-state index contributed by atoms with van der Waals surface area (Å²) in [5.41, 5.74) is 6.41. The molecule has 0 amide bonds. The zero-order chi connectivity index (χ0) is 20.8. The Balaban J connectivity index is 1.60. The van der Waals surface area contributed by atoms with E-state index in [9.17, 15) is 0 Å². The predicted molar refractivity (Wildman–Crippen MR) is 135 cm³/mol. The number of ether oxygens (including phenoxy) is 1. The number of likely N-dealkylation sites (N-methyl/N-ethyl adjacent to an activating group) is 1. The Morgan fingerprint density at radius 1 is 0.867 bits per heavy atom. The minimum atomic E-state index is -0.0158. The number of morpholine rings is 1. The highest BCUT2D eigenvalue weighted by atomic mass is 127. The number of hydrogen-bond donors (Lipinski definition) is 0. The Labute approximate surface area is 193 Å². The molecule has 1 unspecified atom stereocenters. The number of fused-ring (bicyclic) bond motifs is 2. The van der Waals surface area contributed by atoms with Crippen LogP contribution < -0.4 is 15.2 Å². The molecule has 7 heteroatoms. The number of halogens is 1. The minimum absolute atomic E-state index is 0.0158. The van der Waals surface area contributed by atoms with Crippen molar-refractivity contribution < 1.29 is 4.74 Å². The van der Waals surface area contributed by atoms with Crippen LogP contribution in [0, 0.1) is 18.4 Å². The van der Waals surface area contributed by atoms with Crippen LogP contribution in [0.3, 0.4) is 0 Å². The average molecular weight is 536 g/mol. The molecule has 2 aromatic rings. The topological polar surface area (TPSA) is 31.3 Å². The van der Waals surface area contributed by atoms with E-state index in [1.807, 2.05) is 0 Å². The van der Waals surface area contributed by atoms with Gasteiger partial charge in [0.25, 0.3) is 0 Å². The first kappa shape index (κ1) is 20.7. The molecule has 30 heavy (non-hydrogen) atoms. The first-order valence-corrected chi connectivity index (χ1v) is 14.5. The Morgan fingerprint density at radius 2 is 1.50 bits per heavy atom. The van der Waals surface area contributed by atoms with Crippen LogP contribution in [0.1, 0.15) is 11.1 Å². The van der Waals surface area contributed by atoms with E-state index in [0.29, 0.717) is 0 Å². The molecule has 0 N–H and O–H groups in total. The van der Waals surface area contributed by atoms with Crippen molar-refractivity contribution in [2.45, 2.75) is 18.7 Å². The van der Waals surface area contributed by atoms with Crippen molar-refractivity contribution in [1.82, 2.24) is 4.90 Å². The molecule has 5 nitrogen and oxygen atoms in total. The van der Waals surface area contributed by atoms with Crippen LogP contribution in [-0.2, 0) is 4.74 Å². The fourth-order valence-electron chi connectivity index (χ4n) is 4.50. The summed E-state index contributed by atoms with van der Waals surface area (Å²) in [6.07, 6.45) is 0. The van der Waals surface area contributed by atoms with Gasteiger partial charge >= 0.3 is 0 Å². The number of rotatable bonds is 2. The number of benzene rings is 2. The average Bonchev–Trinajstić information content (AvgIpc) is 2.76. The van der Waals surface area contributed by atoms with Gasteiger partial charge < -0.3 is 19.4 Å². The molecule has 3 heterocycles. The highest BCUT2D eigenvalue weighted by molar-refractivity contribution is 14.2. The Morgan fingerprint density at radius 3 is 2.23 bits per heavy atom. The molecule has 2 fully saturated rings. The lowest BCUT2D eigenvalue weighted by atomic mass is 10.1. The molecule has 3 aliphatic rings. The van der Waals surface area contributed by atoms with Crippen LogP contribution >= 0.6 is 28.9 Å². The van der Waals surface area contributed by atoms with Crippen LogP contribution in [0.5, 0.6) is 0 Å². The van der Waals surface area contributed by atoms with Gasteiger partial charge in [0, 0.05) is 60.0 Å². The second kappa shape index (κ2) is 8.41. The molecule has 3 aliphatic heterocycles. The third kappa shape index (κ3) is 3.78. The van der Waals surface area contributed by atoms with Crippen LogP contribution in [-0.4, -0.2) is 64.4 Å². The maximum atomic E-state index is 5.55. The zero-order valence-electron chi connectivity index (χ0n) is 17.9. The predicted octanol–water partition coefficient (Wildman–Crippen LogP) is 4.09. The third-order valence-electron chi connectivity index (χ3n) is 6.35. The lowest BCUT2D eigenvalue weighted by Gasteiger charge is -2.34. The van der Waals surface area contributed by atoms with Gasteiger partial charge in [-0.25, -0.2) is 4.99 Å². The van der Waals surface area contributed by atoms with Crippen LogP contribution in [0.2, 0.25) is 0 Å². The van der Waals surface area contributed by atoms with Gasteiger partial charge in [-0.1, -0.05) is 7.66 Å². The summed E-state index contributed by atoms with van der Waals surface area (Å²) in [5.74, 6) is 0. The summed E-state index contributed by atoms with van der Waals surface area (Å²) in [7, 11) is 2.19. The van der Waals surface area contributed by atoms with Crippen molar-refractivity contribution >= 4 is 45.9 Å². The van der Waals surface area contributed by atoms with Gasteiger partial charge in [0.15, 0.2) is 0 Å². The third-order valence-corrected chi connectivity index (χ3v) is 10.6. The quantitative estimate of drug-likeness (QED) is 0.428. The molecule has 0 saturated carbocycles. The number of piperazine rings is 1. The molecule has 2 saturated heterocycles. The van der Waals surface area contributed by atoms with E-state index in [1.165, 1.54) is 43.0 Å². The van der Waals surface area contributed by atoms with Crippen LogP contribution in [0.4, 0.5) is 17.1 Å². The minimum Gasteiger partial charge on any atom is -0.378 e. The summed E-state index contributed by atoms with van der Waals surface area (Å²) in [6, 6.07) is 9.43. The van der Waals surface area contributed by atoms with Crippen molar-refractivity contribution in [3.63, 3.8) is 0 Å². The highest BCUT2D eigenvalue weighted by Crippen LogP contribution is 2.48. The molecule has 2 aromatic carbocycles. The van der Waals surface area contributed by atoms with E-state index in [2.05, 4.69) is 81.1 Å². The molecule has 5 rings (SSSR count). The summed E-state index contributed by atoms with van der Waals surface area (Å²) in [6.45, 7) is 12.4. The van der Waals surface area contributed by atoms with Gasteiger partial charge in [0.1, 0.15) is 0 Å². The highest BCUT2D eigenvalue weighted by Gasteiger charge is 2.21. The summed E-state index contributed by atoms with van der Waals surface area (Å²) in [4.78, 5) is 14.0. The number of hydrogen-bond acceptors (Lipinski definition) is 5. The fraction of sp³-hybridized carbons (Fsp3) is 0.478. The maximum Gasteiger partial charge on any atom is 0.0806 e. The fourth-order valence-corrected chi connectivity index (χ4v) is 7.95. The van der Waals surface area contributed by atoms with Gasteiger partial charge in [-0.2, -0.15) is 0 Å². The van der Waals surface area contributed by atoms with E-state index in [-0.39, 0.29) is 7.66 Å². The second-order valence-corrected chi connectivity index (χ2v) is 12.5. The molecule has 0 bridgehead atoms. The largest absolute Gasteiger partial charge is 0.378 e. The number of aryl methyl sites for hydroxylation is 2. The van der Waals surface area contributed by atoms with Crippen LogP contribution in [0.25, 0.3) is 0 Å². The Hall–Kier alpha value is -1.16. The summed E-state index contributed by atoms with van der Waals surface area (Å²) < 4.78 is 6.93. The second-order valence-electron chi connectivity index (χ2n) is 8.48. The Kier molecular flexibility index (Phi) is 5.81. The number of anilines is 2. The van der Waals surface area contributed by atoms with E-state index in [1.54, 1.807) is 0 Å². The normalized spacial score (nSPS) is 21.8. The summed E-state index contributed by atoms with van der Waals surface area (Å²) in [5, 5.41) is 1.17. The molecule has 0 radical (unpaired) electrons. The molecular weight excluding hydrogens is 507 g/mol. The van der Waals surface area contributed by atoms with E-state index in [0.717, 1.165) is 52.5 Å². The van der Waals surface area contributed by atoms with Crippen molar-refractivity contribution in [3.05, 3.63) is 45.3 Å². The zero-order valence-corrected chi connectivity index (χ0v) is 20.9. The molecule has 0 aromatic heterocycles. The molecule has 160 valence electrons. The van der Waals surface area contributed by atoms with Gasteiger partial charge in [-0.05, 0) is 77.5 Å². The van der Waals surface area contributed by atoms with Gasteiger partial charge in [0.05, 0.1) is 24.3 Å². The lowest BCUT2D eigenvalue weighted by molar-refractivity contribution is 0.122. The molecule has 1 atom stereocenters. The monoisotopic (exact) mass is 536 g/mol. The van der Waals surface area contributed by atoms with Crippen LogP contribution in [0.15, 0.2) is 34.2 Å². The molecular formula is C23H29IN4OS. The van der Waals surface area contributed by atoms with Gasteiger partial charge in [-0.3, -0.25) is 0 Å². The maximum absolute atomic E-state index is 5.55. The smallest absolute Gasteiger partial charge is 0.0806 e.